The Morgan fingerprint density at radius 1 is 1.31 bits per heavy atom. The van der Waals surface area contributed by atoms with Crippen LogP contribution in [0.3, 0.4) is 0 Å². The lowest BCUT2D eigenvalue weighted by atomic mass is 10.0. The molecule has 0 unspecified atom stereocenters. The van der Waals surface area contributed by atoms with Gasteiger partial charge in [-0.3, -0.25) is 9.89 Å². The number of ether oxygens (including phenoxy) is 1. The first-order valence-electron chi connectivity index (χ1n) is 5.07. The molecule has 0 radical (unpaired) electrons. The molecular weight excluding hydrogens is 204 g/mol. The number of nitrogens with one attached hydrogen (secondary N) is 1. The molecule has 80 valence electrons. The molecule has 4 heteroatoms. The third kappa shape index (κ3) is 1.35. The van der Waals surface area contributed by atoms with Gasteiger partial charge in [0.05, 0.1) is 30.7 Å². The SMILES string of the molecule is O=Cc1cn[nH]c1-c1ccc2c(c1)COC2. The second-order valence-electron chi connectivity index (χ2n) is 3.79. The molecule has 0 saturated heterocycles. The number of hydrogen-bond acceptors (Lipinski definition) is 3. The average molecular weight is 214 g/mol. The summed E-state index contributed by atoms with van der Waals surface area (Å²) in [5.74, 6) is 0. The number of rotatable bonds is 2. The van der Waals surface area contributed by atoms with Crippen molar-refractivity contribution in [3.8, 4) is 11.3 Å². The Morgan fingerprint density at radius 3 is 3.06 bits per heavy atom. The van der Waals surface area contributed by atoms with Gasteiger partial charge in [-0.15, -0.1) is 0 Å². The van der Waals surface area contributed by atoms with Crippen LogP contribution in [0.2, 0.25) is 0 Å². The highest BCUT2D eigenvalue weighted by Gasteiger charge is 2.13. The lowest BCUT2D eigenvalue weighted by Gasteiger charge is -2.02. The molecule has 0 bridgehead atoms. The highest BCUT2D eigenvalue weighted by atomic mass is 16.5. The highest BCUT2D eigenvalue weighted by Crippen LogP contribution is 2.27. The van der Waals surface area contributed by atoms with Gasteiger partial charge < -0.3 is 4.74 Å². The minimum atomic E-state index is 0.582. The van der Waals surface area contributed by atoms with Crippen LogP contribution < -0.4 is 0 Å². The summed E-state index contributed by atoms with van der Waals surface area (Å²) in [5.41, 5.74) is 4.73. The van der Waals surface area contributed by atoms with Crippen molar-refractivity contribution in [1.82, 2.24) is 10.2 Å². The number of carbonyl (C=O) groups is 1. The Kier molecular flexibility index (Phi) is 2.08. The largest absolute Gasteiger partial charge is 0.372 e. The van der Waals surface area contributed by atoms with Crippen molar-refractivity contribution in [2.24, 2.45) is 0 Å². The standard InChI is InChI=1S/C12H10N2O2/c15-5-11-4-13-14-12(11)8-1-2-9-6-16-7-10(9)3-8/h1-5H,6-7H2,(H,13,14). The second-order valence-corrected chi connectivity index (χ2v) is 3.79. The average Bonchev–Trinajstić information content (AvgIpc) is 2.96. The molecule has 0 amide bonds. The van der Waals surface area contributed by atoms with Gasteiger partial charge >= 0.3 is 0 Å². The second kappa shape index (κ2) is 3.57. The molecule has 0 atom stereocenters. The molecule has 1 N–H and O–H groups in total. The Balaban J connectivity index is 2.10. The Labute approximate surface area is 92.2 Å². The van der Waals surface area contributed by atoms with E-state index in [2.05, 4.69) is 10.2 Å². The van der Waals surface area contributed by atoms with Gasteiger partial charge in [0.2, 0.25) is 0 Å². The Hall–Kier alpha value is -1.94. The molecule has 2 aromatic rings. The molecule has 1 aromatic heterocycles. The van der Waals surface area contributed by atoms with Crippen LogP contribution in [0.5, 0.6) is 0 Å². The van der Waals surface area contributed by atoms with Crippen LogP contribution in [0.1, 0.15) is 21.5 Å². The van der Waals surface area contributed by atoms with Gasteiger partial charge in [0.25, 0.3) is 0 Å². The quantitative estimate of drug-likeness (QED) is 0.777. The molecule has 0 aliphatic carbocycles. The van der Waals surface area contributed by atoms with Crippen molar-refractivity contribution in [3.05, 3.63) is 41.1 Å². The van der Waals surface area contributed by atoms with E-state index >= 15 is 0 Å². The molecule has 1 aromatic carbocycles. The predicted molar refractivity (Wildman–Crippen MR) is 57.9 cm³/mol. The predicted octanol–water partition coefficient (Wildman–Crippen LogP) is 1.92. The molecule has 0 fully saturated rings. The lowest BCUT2D eigenvalue weighted by molar-refractivity contribution is 0.112. The number of H-pyrrole nitrogens is 1. The van der Waals surface area contributed by atoms with Gasteiger partial charge in [-0.2, -0.15) is 5.10 Å². The fourth-order valence-electron chi connectivity index (χ4n) is 1.94. The van der Waals surface area contributed by atoms with E-state index in [9.17, 15) is 4.79 Å². The maximum atomic E-state index is 10.8. The highest BCUT2D eigenvalue weighted by molar-refractivity contribution is 5.85. The van der Waals surface area contributed by atoms with Crippen LogP contribution in [0.15, 0.2) is 24.4 Å². The zero-order valence-corrected chi connectivity index (χ0v) is 8.56. The summed E-state index contributed by atoms with van der Waals surface area (Å²) < 4.78 is 5.35. The van der Waals surface area contributed by atoms with Crippen molar-refractivity contribution in [3.63, 3.8) is 0 Å². The minimum Gasteiger partial charge on any atom is -0.372 e. The number of hydrogen-bond donors (Lipinski definition) is 1. The minimum absolute atomic E-state index is 0.582. The molecule has 4 nitrogen and oxygen atoms in total. The summed E-state index contributed by atoms with van der Waals surface area (Å²) in [6.07, 6.45) is 2.34. The van der Waals surface area contributed by atoms with E-state index in [0.717, 1.165) is 17.5 Å². The fraction of sp³-hybridized carbons (Fsp3) is 0.167. The van der Waals surface area contributed by atoms with Gasteiger partial charge in [-0.25, -0.2) is 0 Å². The van der Waals surface area contributed by atoms with Gasteiger partial charge in [-0.05, 0) is 17.2 Å². The van der Waals surface area contributed by atoms with E-state index in [-0.39, 0.29) is 0 Å². The van der Waals surface area contributed by atoms with Crippen LogP contribution in [-0.2, 0) is 18.0 Å². The summed E-state index contributed by atoms with van der Waals surface area (Å²) in [4.78, 5) is 10.8. The van der Waals surface area contributed by atoms with Crippen molar-refractivity contribution >= 4 is 6.29 Å². The van der Waals surface area contributed by atoms with E-state index in [1.807, 2.05) is 18.2 Å². The van der Waals surface area contributed by atoms with Crippen molar-refractivity contribution in [2.45, 2.75) is 13.2 Å². The first-order valence-corrected chi connectivity index (χ1v) is 5.07. The zero-order valence-electron chi connectivity index (χ0n) is 8.56. The molecule has 0 saturated carbocycles. The van der Waals surface area contributed by atoms with Gasteiger partial charge in [0.1, 0.15) is 0 Å². The summed E-state index contributed by atoms with van der Waals surface area (Å²) in [5, 5.41) is 6.72. The Morgan fingerprint density at radius 2 is 2.19 bits per heavy atom. The number of aromatic nitrogens is 2. The Bertz CT molecular complexity index is 546. The summed E-state index contributed by atoms with van der Waals surface area (Å²) in [7, 11) is 0. The van der Waals surface area contributed by atoms with Crippen LogP contribution in [0.25, 0.3) is 11.3 Å². The summed E-state index contributed by atoms with van der Waals surface area (Å²) >= 11 is 0. The third-order valence-electron chi connectivity index (χ3n) is 2.81. The maximum absolute atomic E-state index is 10.8. The van der Waals surface area contributed by atoms with E-state index in [0.29, 0.717) is 18.8 Å². The van der Waals surface area contributed by atoms with Crippen LogP contribution in [-0.4, -0.2) is 16.5 Å². The van der Waals surface area contributed by atoms with Crippen LogP contribution in [0.4, 0.5) is 0 Å². The van der Waals surface area contributed by atoms with E-state index in [4.69, 9.17) is 4.74 Å². The van der Waals surface area contributed by atoms with Crippen molar-refractivity contribution in [1.29, 1.82) is 0 Å². The molecule has 0 spiro atoms. The lowest BCUT2D eigenvalue weighted by Crippen LogP contribution is -1.88. The fourth-order valence-corrected chi connectivity index (χ4v) is 1.94. The number of carbonyl (C=O) groups excluding carboxylic acids is 1. The van der Waals surface area contributed by atoms with Gasteiger partial charge in [0.15, 0.2) is 6.29 Å². The van der Waals surface area contributed by atoms with Gasteiger partial charge in [0, 0.05) is 5.56 Å². The van der Waals surface area contributed by atoms with Crippen LogP contribution in [0, 0.1) is 0 Å². The van der Waals surface area contributed by atoms with Crippen molar-refractivity contribution < 1.29 is 9.53 Å². The smallest absolute Gasteiger partial charge is 0.153 e. The summed E-state index contributed by atoms with van der Waals surface area (Å²) in [6.45, 7) is 1.33. The van der Waals surface area contributed by atoms with E-state index in [1.165, 1.54) is 17.3 Å². The maximum Gasteiger partial charge on any atom is 0.153 e. The normalized spacial score (nSPS) is 13.8. The zero-order chi connectivity index (χ0) is 11.0. The number of aldehydes is 1. The molecule has 1 aliphatic rings. The molecule has 16 heavy (non-hydrogen) atoms. The van der Waals surface area contributed by atoms with E-state index in [1.54, 1.807) is 0 Å². The topological polar surface area (TPSA) is 55.0 Å². The first kappa shape index (κ1) is 9.30. The summed E-state index contributed by atoms with van der Waals surface area (Å²) in [6, 6.07) is 6.06. The van der Waals surface area contributed by atoms with Crippen molar-refractivity contribution in [2.75, 3.05) is 0 Å². The monoisotopic (exact) mass is 214 g/mol. The van der Waals surface area contributed by atoms with Gasteiger partial charge in [-0.1, -0.05) is 12.1 Å². The number of aromatic amines is 1. The molecular formula is C12H10N2O2. The third-order valence-corrected chi connectivity index (χ3v) is 2.81. The number of benzene rings is 1. The van der Waals surface area contributed by atoms with E-state index < -0.39 is 0 Å². The number of nitrogens with zero attached hydrogens (tertiary/aromatic N) is 1. The van der Waals surface area contributed by atoms with Crippen LogP contribution >= 0.6 is 0 Å². The number of fused-ring (bicyclic) bond motifs is 1. The molecule has 1 aliphatic heterocycles. The molecule has 3 rings (SSSR count). The first-order chi connectivity index (χ1) is 7.88. The molecule has 2 heterocycles.